The maximum atomic E-state index is 13.0. The number of esters is 4. The van der Waals surface area contributed by atoms with E-state index in [4.69, 9.17) is 53.3 Å². The van der Waals surface area contributed by atoms with Crippen LogP contribution in [0.2, 0.25) is 0 Å². The van der Waals surface area contributed by atoms with E-state index in [1.807, 2.05) is 0 Å². The summed E-state index contributed by atoms with van der Waals surface area (Å²) in [5, 5.41) is 0. The van der Waals surface area contributed by atoms with E-state index in [9.17, 15) is 19.2 Å². The summed E-state index contributed by atoms with van der Waals surface area (Å²) in [6.07, 6.45) is 8.44. The summed E-state index contributed by atoms with van der Waals surface area (Å²) in [6, 6.07) is 0. The molecule has 0 aliphatic heterocycles. The third-order valence-electron chi connectivity index (χ3n) is 8.88. The van der Waals surface area contributed by atoms with Crippen LogP contribution in [0, 0.1) is 11.8 Å². The Morgan fingerprint density at radius 3 is 1.65 bits per heavy atom. The van der Waals surface area contributed by atoms with Gasteiger partial charge in [-0.3, -0.25) is 20.1 Å². The van der Waals surface area contributed by atoms with E-state index < -0.39 is 41.6 Å². The van der Waals surface area contributed by atoms with Crippen LogP contribution in [-0.4, -0.2) is 67.3 Å². The Kier molecular flexibility index (Phi) is 18.0. The molecule has 14 nitrogen and oxygen atoms in total. The molecule has 0 radical (unpaired) electrons. The minimum Gasteiger partial charge on any atom is -0.465 e. The molecule has 0 amide bonds. The third-order valence-corrected chi connectivity index (χ3v) is 8.88. The Morgan fingerprint density at radius 2 is 1.11 bits per heavy atom. The molecule has 2 atom stereocenters. The lowest BCUT2D eigenvalue weighted by Gasteiger charge is -2.33. The topological polar surface area (TPSA) is 261 Å². The van der Waals surface area contributed by atoms with Crippen LogP contribution in [0.5, 0.6) is 0 Å². The van der Waals surface area contributed by atoms with Crippen molar-refractivity contribution in [1.29, 1.82) is 0 Å². The fourth-order valence-corrected chi connectivity index (χ4v) is 5.71. The van der Waals surface area contributed by atoms with E-state index >= 15 is 0 Å². The number of hydrogen-bond donors (Lipinski definition) is 6. The fraction of sp³-hybridized carbons (Fsp3) is 0.875. The molecule has 2 rings (SSSR count). The van der Waals surface area contributed by atoms with Crippen molar-refractivity contribution in [2.75, 3.05) is 19.8 Å². The first kappa shape index (κ1) is 39.8. The van der Waals surface area contributed by atoms with Crippen LogP contribution in [0.1, 0.15) is 122 Å². The van der Waals surface area contributed by atoms with E-state index in [1.54, 1.807) is 0 Å². The van der Waals surface area contributed by atoms with E-state index in [2.05, 4.69) is 0 Å². The lowest BCUT2D eigenvalue weighted by Crippen LogP contribution is -2.52. The molecule has 2 aliphatic rings. The zero-order chi connectivity index (χ0) is 34.0. The molecule has 2 aliphatic carbocycles. The highest BCUT2D eigenvalue weighted by Crippen LogP contribution is 2.28. The molecule has 0 saturated heterocycles. The van der Waals surface area contributed by atoms with Crippen LogP contribution in [0.25, 0.3) is 0 Å². The summed E-state index contributed by atoms with van der Waals surface area (Å²) in [5.41, 5.74) is 33.9. The van der Waals surface area contributed by atoms with Crippen molar-refractivity contribution in [3.8, 4) is 0 Å². The van der Waals surface area contributed by atoms with Gasteiger partial charge in [0, 0.05) is 19.3 Å². The van der Waals surface area contributed by atoms with Gasteiger partial charge in [-0.25, -0.2) is 4.79 Å². The molecular weight excluding hydrogens is 596 g/mol. The number of carbonyl (C=O) groups is 4. The lowest BCUT2D eigenvalue weighted by atomic mass is 9.83. The van der Waals surface area contributed by atoms with Crippen molar-refractivity contribution >= 4 is 23.9 Å². The molecule has 14 heteroatoms. The molecule has 0 spiro atoms. The summed E-state index contributed by atoms with van der Waals surface area (Å²) in [6.45, 7) is 1.10. The maximum Gasteiger partial charge on any atom is 0.347 e. The van der Waals surface area contributed by atoms with Crippen molar-refractivity contribution in [1.82, 2.24) is 0 Å². The third kappa shape index (κ3) is 17.5. The van der Waals surface area contributed by atoms with Crippen LogP contribution in [-0.2, 0) is 38.1 Å². The molecule has 266 valence electrons. The van der Waals surface area contributed by atoms with Gasteiger partial charge in [0.1, 0.15) is 0 Å². The summed E-state index contributed by atoms with van der Waals surface area (Å²) < 4.78 is 21.7. The molecule has 12 N–H and O–H groups in total. The first-order chi connectivity index (χ1) is 21.8. The number of hydrogen-bond acceptors (Lipinski definition) is 14. The molecule has 0 aromatic heterocycles. The summed E-state index contributed by atoms with van der Waals surface area (Å²) >= 11 is 0. The number of ether oxygens (including phenoxy) is 4. The zero-order valence-electron chi connectivity index (χ0n) is 27.6. The smallest absolute Gasteiger partial charge is 0.347 e. The Labute approximate surface area is 273 Å². The molecule has 2 saturated carbocycles. The largest absolute Gasteiger partial charge is 0.465 e. The molecule has 0 aromatic rings. The molecule has 0 bridgehead atoms. The highest BCUT2D eigenvalue weighted by atomic mass is 16.6. The second kappa shape index (κ2) is 20.8. The van der Waals surface area contributed by atoms with Gasteiger partial charge in [0.2, 0.25) is 0 Å². The summed E-state index contributed by atoms with van der Waals surface area (Å²) in [5.74, 6) is -1.70. The van der Waals surface area contributed by atoms with Crippen molar-refractivity contribution in [2.24, 2.45) is 46.2 Å². The standard InChI is InChI=1S/C32H60N6O8/c33-20-5-1-2-8-26(34)46-29(41)10-4-3-9-28(40)45-25(30(42)44-22-24-14-18-32(37,38)19-15-24)7-6-11-27(39)43-21-23-12-16-31(35,36)17-13-23/h23-26H,1-22,33-38H2. The van der Waals surface area contributed by atoms with Gasteiger partial charge in [0.05, 0.1) is 24.5 Å². The Balaban J connectivity index is 1.75. The molecule has 46 heavy (non-hydrogen) atoms. The van der Waals surface area contributed by atoms with Crippen molar-refractivity contribution in [2.45, 2.75) is 146 Å². The van der Waals surface area contributed by atoms with E-state index in [0.717, 1.165) is 44.9 Å². The number of rotatable bonds is 21. The second-order valence-corrected chi connectivity index (χ2v) is 13.4. The van der Waals surface area contributed by atoms with Crippen LogP contribution in [0.4, 0.5) is 0 Å². The Hall–Kier alpha value is -2.36. The predicted octanol–water partition coefficient (Wildman–Crippen LogP) is 1.67. The minimum atomic E-state index is -1.16. The zero-order valence-corrected chi connectivity index (χ0v) is 27.6. The number of unbranched alkanes of at least 4 members (excludes halogenated alkanes) is 3. The van der Waals surface area contributed by atoms with Crippen LogP contribution in [0.15, 0.2) is 0 Å². The van der Waals surface area contributed by atoms with Gasteiger partial charge in [-0.05, 0) is 115 Å². The number of nitrogens with two attached hydrogens (primary N) is 6. The van der Waals surface area contributed by atoms with Gasteiger partial charge in [0.25, 0.3) is 0 Å². The van der Waals surface area contributed by atoms with Gasteiger partial charge < -0.3 is 47.6 Å². The molecule has 2 fully saturated rings. The van der Waals surface area contributed by atoms with Crippen molar-refractivity contribution in [3.63, 3.8) is 0 Å². The molecule has 0 aromatic carbocycles. The average molecular weight is 657 g/mol. The Bertz CT molecular complexity index is 930. The van der Waals surface area contributed by atoms with E-state index in [0.29, 0.717) is 58.1 Å². The van der Waals surface area contributed by atoms with Crippen LogP contribution in [0.3, 0.4) is 0 Å². The Morgan fingerprint density at radius 1 is 0.609 bits per heavy atom. The van der Waals surface area contributed by atoms with Crippen molar-refractivity contribution in [3.05, 3.63) is 0 Å². The highest BCUT2D eigenvalue weighted by Gasteiger charge is 2.31. The molecule has 2 unspecified atom stereocenters. The minimum absolute atomic E-state index is 0.0101. The van der Waals surface area contributed by atoms with E-state index in [1.165, 1.54) is 0 Å². The van der Waals surface area contributed by atoms with Crippen molar-refractivity contribution < 1.29 is 38.1 Å². The average Bonchev–Trinajstić information content (AvgIpc) is 2.99. The van der Waals surface area contributed by atoms with Gasteiger partial charge in [-0.15, -0.1) is 0 Å². The first-order valence-corrected chi connectivity index (χ1v) is 17.1. The van der Waals surface area contributed by atoms with Gasteiger partial charge in [-0.1, -0.05) is 6.42 Å². The van der Waals surface area contributed by atoms with Gasteiger partial charge in [0.15, 0.2) is 12.3 Å². The van der Waals surface area contributed by atoms with Gasteiger partial charge >= 0.3 is 23.9 Å². The first-order valence-electron chi connectivity index (χ1n) is 17.1. The predicted molar refractivity (Wildman–Crippen MR) is 172 cm³/mol. The summed E-state index contributed by atoms with van der Waals surface area (Å²) in [7, 11) is 0. The fourth-order valence-electron chi connectivity index (χ4n) is 5.71. The van der Waals surface area contributed by atoms with Gasteiger partial charge in [-0.2, -0.15) is 0 Å². The highest BCUT2D eigenvalue weighted by molar-refractivity contribution is 5.79. The lowest BCUT2D eigenvalue weighted by molar-refractivity contribution is -0.170. The monoisotopic (exact) mass is 656 g/mol. The maximum absolute atomic E-state index is 13.0. The van der Waals surface area contributed by atoms with Crippen LogP contribution < -0.4 is 34.4 Å². The summed E-state index contributed by atoms with van der Waals surface area (Å²) in [4.78, 5) is 50.1. The van der Waals surface area contributed by atoms with Crippen LogP contribution >= 0.6 is 0 Å². The second-order valence-electron chi connectivity index (χ2n) is 13.4. The van der Waals surface area contributed by atoms with E-state index in [-0.39, 0.29) is 56.5 Å². The normalized spacial score (nSPS) is 19.5. The number of carbonyl (C=O) groups excluding carboxylic acids is 4. The molecular formula is C32H60N6O8. The quantitative estimate of drug-likeness (QED) is 0.0444. The molecule has 0 heterocycles. The SMILES string of the molecule is NCCCCCC(N)OC(=O)CCCCC(=O)OC(CCCC(=O)OCC1CCC(N)(N)CC1)C(=O)OCC1CCC(N)(N)CC1.